The second-order valence-electron chi connectivity index (χ2n) is 3.80. The van der Waals surface area contributed by atoms with E-state index in [1.807, 2.05) is 6.92 Å². The highest BCUT2D eigenvalue weighted by molar-refractivity contribution is 5.86. The lowest BCUT2D eigenvalue weighted by Crippen LogP contribution is -2.30. The maximum atomic E-state index is 11.3. The smallest absolute Gasteiger partial charge is 0.308 e. The summed E-state index contributed by atoms with van der Waals surface area (Å²) in [5, 5.41) is 0. The number of hydrogen-bond acceptors (Lipinski definition) is 3. The van der Waals surface area contributed by atoms with Gasteiger partial charge in [0, 0.05) is 13.1 Å². The van der Waals surface area contributed by atoms with Crippen LogP contribution in [0.1, 0.15) is 27.2 Å². The summed E-state index contributed by atoms with van der Waals surface area (Å²) >= 11 is 0. The van der Waals surface area contributed by atoms with E-state index in [-0.39, 0.29) is 17.8 Å². The van der Waals surface area contributed by atoms with Crippen LogP contribution in [-0.2, 0) is 14.3 Å². The monoisotopic (exact) mass is 227 g/mol. The van der Waals surface area contributed by atoms with Gasteiger partial charge in [0.15, 0.2) is 0 Å². The van der Waals surface area contributed by atoms with Gasteiger partial charge < -0.3 is 9.64 Å². The molecule has 0 fully saturated rings. The first kappa shape index (κ1) is 14.7. The quantitative estimate of drug-likeness (QED) is 0.377. The Morgan fingerprint density at radius 2 is 2.06 bits per heavy atom. The van der Waals surface area contributed by atoms with E-state index in [0.29, 0.717) is 26.1 Å². The van der Waals surface area contributed by atoms with Crippen LogP contribution in [0.15, 0.2) is 12.7 Å². The number of carbonyl (C=O) groups excluding carboxylic acids is 2. The highest BCUT2D eigenvalue weighted by Crippen LogP contribution is 1.98. The van der Waals surface area contributed by atoms with Gasteiger partial charge in [0.1, 0.15) is 0 Å². The molecule has 0 saturated heterocycles. The van der Waals surface area contributed by atoms with Gasteiger partial charge in [-0.25, -0.2) is 0 Å². The van der Waals surface area contributed by atoms with Crippen LogP contribution < -0.4 is 0 Å². The second-order valence-corrected chi connectivity index (χ2v) is 3.80. The van der Waals surface area contributed by atoms with E-state index < -0.39 is 0 Å². The van der Waals surface area contributed by atoms with E-state index in [9.17, 15) is 9.59 Å². The predicted molar refractivity (Wildman–Crippen MR) is 62.9 cm³/mol. The van der Waals surface area contributed by atoms with E-state index in [2.05, 4.69) is 6.58 Å². The largest absolute Gasteiger partial charge is 0.465 e. The maximum absolute atomic E-state index is 11.3. The van der Waals surface area contributed by atoms with Crippen molar-refractivity contribution in [2.75, 3.05) is 19.7 Å². The van der Waals surface area contributed by atoms with E-state index in [4.69, 9.17) is 4.74 Å². The zero-order valence-corrected chi connectivity index (χ0v) is 10.4. The van der Waals surface area contributed by atoms with Gasteiger partial charge in [0.2, 0.25) is 5.91 Å². The van der Waals surface area contributed by atoms with Crippen LogP contribution in [-0.4, -0.2) is 36.5 Å². The first-order valence-corrected chi connectivity index (χ1v) is 5.60. The Bertz CT molecular complexity index is 249. The molecule has 16 heavy (non-hydrogen) atoms. The van der Waals surface area contributed by atoms with Gasteiger partial charge in [0.25, 0.3) is 0 Å². The van der Waals surface area contributed by atoms with Crippen LogP contribution in [0.2, 0.25) is 0 Å². The molecule has 0 saturated carbocycles. The lowest BCUT2D eigenvalue weighted by molar-refractivity contribution is -0.147. The number of amides is 1. The summed E-state index contributed by atoms with van der Waals surface area (Å²) in [6.07, 6.45) is 1.95. The summed E-state index contributed by atoms with van der Waals surface area (Å²) in [6.45, 7) is 10.5. The number of ether oxygens (including phenoxy) is 1. The first-order chi connectivity index (χ1) is 7.52. The molecule has 0 aliphatic heterocycles. The van der Waals surface area contributed by atoms with Crippen LogP contribution in [0.4, 0.5) is 0 Å². The highest BCUT2D eigenvalue weighted by Gasteiger charge is 2.09. The number of carbonyl (C=O) groups is 2. The van der Waals surface area contributed by atoms with Crippen molar-refractivity contribution in [1.82, 2.24) is 4.90 Å². The van der Waals surface area contributed by atoms with Crippen molar-refractivity contribution in [1.29, 1.82) is 0 Å². The molecule has 0 aliphatic carbocycles. The summed E-state index contributed by atoms with van der Waals surface area (Å²) in [5.74, 6) is -0.382. The van der Waals surface area contributed by atoms with Crippen LogP contribution in [0.5, 0.6) is 0 Å². The van der Waals surface area contributed by atoms with Crippen molar-refractivity contribution in [3.63, 3.8) is 0 Å². The molecule has 0 atom stereocenters. The third-order valence-corrected chi connectivity index (χ3v) is 2.16. The Kier molecular flexibility index (Phi) is 7.25. The van der Waals surface area contributed by atoms with Crippen molar-refractivity contribution >= 4 is 11.9 Å². The van der Waals surface area contributed by atoms with Gasteiger partial charge in [0.05, 0.1) is 12.5 Å². The molecule has 0 aromatic carbocycles. The van der Waals surface area contributed by atoms with Gasteiger partial charge in [-0.05, 0) is 19.4 Å². The second kappa shape index (κ2) is 7.91. The van der Waals surface area contributed by atoms with Crippen LogP contribution in [0.25, 0.3) is 0 Å². The third-order valence-electron chi connectivity index (χ3n) is 2.16. The fourth-order valence-electron chi connectivity index (χ4n) is 1.15. The Morgan fingerprint density at radius 1 is 1.44 bits per heavy atom. The number of likely N-dealkylation sites (N-methyl/N-ethyl adjacent to an activating group) is 1. The highest BCUT2D eigenvalue weighted by atomic mass is 16.5. The van der Waals surface area contributed by atoms with Crippen molar-refractivity contribution in [2.24, 2.45) is 5.92 Å². The molecule has 4 heteroatoms. The number of esters is 1. The first-order valence-electron chi connectivity index (χ1n) is 5.60. The van der Waals surface area contributed by atoms with Crippen molar-refractivity contribution in [3.8, 4) is 0 Å². The normalized spacial score (nSPS) is 10.0. The number of hydrogen-bond donors (Lipinski definition) is 0. The summed E-state index contributed by atoms with van der Waals surface area (Å²) in [4.78, 5) is 24.1. The molecule has 0 aliphatic rings. The fourth-order valence-corrected chi connectivity index (χ4v) is 1.15. The molecule has 0 bridgehead atoms. The van der Waals surface area contributed by atoms with Gasteiger partial charge >= 0.3 is 5.97 Å². The topological polar surface area (TPSA) is 46.6 Å². The molecule has 92 valence electrons. The SMILES string of the molecule is C=CC(=O)N(CC)CCCOC(=O)C(C)C. The average Bonchev–Trinajstić information content (AvgIpc) is 2.27. The van der Waals surface area contributed by atoms with Crippen molar-refractivity contribution in [3.05, 3.63) is 12.7 Å². The van der Waals surface area contributed by atoms with Crippen LogP contribution in [0, 0.1) is 5.92 Å². The van der Waals surface area contributed by atoms with Crippen molar-refractivity contribution < 1.29 is 14.3 Å². The van der Waals surface area contributed by atoms with Gasteiger partial charge in [-0.15, -0.1) is 0 Å². The van der Waals surface area contributed by atoms with Crippen LogP contribution >= 0.6 is 0 Å². The zero-order chi connectivity index (χ0) is 12.6. The third kappa shape index (κ3) is 5.53. The van der Waals surface area contributed by atoms with E-state index in [1.165, 1.54) is 6.08 Å². The zero-order valence-electron chi connectivity index (χ0n) is 10.4. The lowest BCUT2D eigenvalue weighted by atomic mass is 10.2. The minimum Gasteiger partial charge on any atom is -0.465 e. The Balaban J connectivity index is 3.75. The summed E-state index contributed by atoms with van der Waals surface area (Å²) in [6, 6.07) is 0. The van der Waals surface area contributed by atoms with E-state index in [1.54, 1.807) is 18.7 Å². The maximum Gasteiger partial charge on any atom is 0.308 e. The lowest BCUT2D eigenvalue weighted by Gasteiger charge is -2.18. The summed E-state index contributed by atoms with van der Waals surface area (Å²) < 4.78 is 5.01. The predicted octanol–water partition coefficient (Wildman–Crippen LogP) is 1.61. The number of nitrogens with zero attached hydrogens (tertiary/aromatic N) is 1. The Hall–Kier alpha value is -1.32. The van der Waals surface area contributed by atoms with Gasteiger partial charge in [-0.3, -0.25) is 9.59 Å². The van der Waals surface area contributed by atoms with Crippen LogP contribution in [0.3, 0.4) is 0 Å². The van der Waals surface area contributed by atoms with Gasteiger partial charge in [-0.2, -0.15) is 0 Å². The molecule has 0 N–H and O–H groups in total. The summed E-state index contributed by atoms with van der Waals surface area (Å²) in [5.41, 5.74) is 0. The van der Waals surface area contributed by atoms with E-state index >= 15 is 0 Å². The molecule has 0 spiro atoms. The minimum absolute atomic E-state index is 0.0855. The molecule has 0 radical (unpaired) electrons. The molecule has 0 heterocycles. The van der Waals surface area contributed by atoms with E-state index in [0.717, 1.165) is 0 Å². The standard InChI is InChI=1S/C12H21NO3/c1-5-11(14)13(6-2)8-7-9-16-12(15)10(3)4/h5,10H,1,6-9H2,2-4H3. The Labute approximate surface area is 97.3 Å². The molecular formula is C12H21NO3. The minimum atomic E-state index is -0.196. The average molecular weight is 227 g/mol. The number of rotatable bonds is 7. The molecule has 0 aromatic heterocycles. The Morgan fingerprint density at radius 3 is 2.50 bits per heavy atom. The molecule has 0 rings (SSSR count). The molecule has 4 nitrogen and oxygen atoms in total. The fraction of sp³-hybridized carbons (Fsp3) is 0.667. The molecule has 0 aromatic rings. The molecular weight excluding hydrogens is 206 g/mol. The van der Waals surface area contributed by atoms with Crippen molar-refractivity contribution in [2.45, 2.75) is 27.2 Å². The molecule has 1 amide bonds. The summed E-state index contributed by atoms with van der Waals surface area (Å²) in [7, 11) is 0. The van der Waals surface area contributed by atoms with Gasteiger partial charge in [-0.1, -0.05) is 20.4 Å². The molecule has 0 unspecified atom stereocenters.